The molecule has 1 fully saturated rings. The number of amides is 1. The standard InChI is InChI=1S/C20H19ClN4O2/c21-17-10-15(14-5-4-6-22-13-14)9-16(11-17)20-24-23-18(27-20)12-19(26)25-7-2-1-3-8-25/h4-6,9-11,13H,1-3,7-8,12H2. The fraction of sp³-hybridized carbons (Fsp3) is 0.300. The van der Waals surface area contributed by atoms with Crippen molar-refractivity contribution < 1.29 is 9.21 Å². The van der Waals surface area contributed by atoms with Crippen molar-refractivity contribution in [1.82, 2.24) is 20.1 Å². The summed E-state index contributed by atoms with van der Waals surface area (Å²) in [4.78, 5) is 18.4. The minimum atomic E-state index is 0.0343. The van der Waals surface area contributed by atoms with E-state index in [0.29, 0.717) is 22.4 Å². The van der Waals surface area contributed by atoms with Crippen LogP contribution in [0.2, 0.25) is 5.02 Å². The Morgan fingerprint density at radius 2 is 1.89 bits per heavy atom. The van der Waals surface area contributed by atoms with Gasteiger partial charge >= 0.3 is 0 Å². The SMILES string of the molecule is O=C(Cc1nnc(-c2cc(Cl)cc(-c3cccnc3)c2)o1)N1CCCCC1. The third-order valence-electron chi connectivity index (χ3n) is 4.62. The van der Waals surface area contributed by atoms with E-state index in [1.165, 1.54) is 6.42 Å². The molecule has 7 heteroatoms. The van der Waals surface area contributed by atoms with Crippen molar-refractivity contribution in [1.29, 1.82) is 0 Å². The van der Waals surface area contributed by atoms with E-state index in [9.17, 15) is 4.79 Å². The number of hydrogen-bond acceptors (Lipinski definition) is 5. The number of nitrogens with zero attached hydrogens (tertiary/aromatic N) is 4. The van der Waals surface area contributed by atoms with Crippen LogP contribution < -0.4 is 0 Å². The van der Waals surface area contributed by atoms with E-state index in [0.717, 1.165) is 37.1 Å². The minimum absolute atomic E-state index is 0.0343. The maximum absolute atomic E-state index is 12.4. The Kier molecular flexibility index (Phi) is 5.16. The van der Waals surface area contributed by atoms with Gasteiger partial charge in [-0.2, -0.15) is 0 Å². The lowest BCUT2D eigenvalue weighted by molar-refractivity contribution is -0.131. The Labute approximate surface area is 162 Å². The van der Waals surface area contributed by atoms with Gasteiger partial charge in [-0.15, -0.1) is 10.2 Å². The summed E-state index contributed by atoms with van der Waals surface area (Å²) in [6, 6.07) is 9.38. The highest BCUT2D eigenvalue weighted by atomic mass is 35.5. The van der Waals surface area contributed by atoms with Gasteiger partial charge in [0.1, 0.15) is 6.42 Å². The Morgan fingerprint density at radius 3 is 2.67 bits per heavy atom. The molecule has 3 aromatic rings. The predicted octanol–water partition coefficient (Wildman–Crippen LogP) is 4.01. The molecule has 3 heterocycles. The molecular formula is C20H19ClN4O2. The molecule has 1 saturated heterocycles. The molecule has 0 unspecified atom stereocenters. The maximum atomic E-state index is 12.4. The van der Waals surface area contributed by atoms with Gasteiger partial charge in [-0.25, -0.2) is 0 Å². The van der Waals surface area contributed by atoms with Crippen LogP contribution in [0.4, 0.5) is 0 Å². The van der Waals surface area contributed by atoms with Crippen LogP contribution in [-0.4, -0.2) is 39.1 Å². The summed E-state index contributed by atoms with van der Waals surface area (Å²) >= 11 is 6.27. The molecule has 0 saturated carbocycles. The molecule has 6 nitrogen and oxygen atoms in total. The number of carbonyl (C=O) groups excluding carboxylic acids is 1. The van der Waals surface area contributed by atoms with Gasteiger partial charge in [-0.05, 0) is 49.1 Å². The quantitative estimate of drug-likeness (QED) is 0.681. The lowest BCUT2D eigenvalue weighted by Gasteiger charge is -2.26. The Balaban J connectivity index is 1.54. The maximum Gasteiger partial charge on any atom is 0.247 e. The molecule has 1 aromatic carbocycles. The highest BCUT2D eigenvalue weighted by Gasteiger charge is 2.20. The lowest BCUT2D eigenvalue weighted by atomic mass is 10.0. The summed E-state index contributed by atoms with van der Waals surface area (Å²) in [6.45, 7) is 1.62. The fourth-order valence-corrected chi connectivity index (χ4v) is 3.47. The van der Waals surface area contributed by atoms with E-state index in [2.05, 4.69) is 15.2 Å². The molecule has 0 N–H and O–H groups in total. The van der Waals surface area contributed by atoms with Crippen LogP contribution >= 0.6 is 11.6 Å². The number of halogens is 1. The normalized spacial score (nSPS) is 14.3. The van der Waals surface area contributed by atoms with E-state index in [1.807, 2.05) is 29.2 Å². The van der Waals surface area contributed by atoms with Gasteiger partial charge in [0.2, 0.25) is 17.7 Å². The van der Waals surface area contributed by atoms with Crippen LogP contribution in [0.1, 0.15) is 25.2 Å². The second-order valence-corrected chi connectivity index (χ2v) is 7.03. The predicted molar refractivity (Wildman–Crippen MR) is 102 cm³/mol. The smallest absolute Gasteiger partial charge is 0.247 e. The average Bonchev–Trinajstić information content (AvgIpc) is 3.17. The first-order chi connectivity index (χ1) is 13.2. The number of aromatic nitrogens is 3. The van der Waals surface area contributed by atoms with Crippen molar-refractivity contribution in [3.8, 4) is 22.6 Å². The number of pyridine rings is 1. The number of rotatable bonds is 4. The molecule has 2 aromatic heterocycles. The fourth-order valence-electron chi connectivity index (χ4n) is 3.24. The van der Waals surface area contributed by atoms with E-state index in [4.69, 9.17) is 16.0 Å². The zero-order valence-electron chi connectivity index (χ0n) is 14.8. The number of hydrogen-bond donors (Lipinski definition) is 0. The van der Waals surface area contributed by atoms with Crippen molar-refractivity contribution >= 4 is 17.5 Å². The first-order valence-corrected chi connectivity index (χ1v) is 9.38. The van der Waals surface area contributed by atoms with Crippen molar-refractivity contribution in [2.75, 3.05) is 13.1 Å². The van der Waals surface area contributed by atoms with Crippen LogP contribution in [0.25, 0.3) is 22.6 Å². The van der Waals surface area contributed by atoms with Gasteiger partial charge < -0.3 is 9.32 Å². The second-order valence-electron chi connectivity index (χ2n) is 6.59. The van der Waals surface area contributed by atoms with Gasteiger partial charge in [-0.1, -0.05) is 17.7 Å². The molecule has 4 rings (SSSR count). The van der Waals surface area contributed by atoms with E-state index in [1.54, 1.807) is 18.5 Å². The highest BCUT2D eigenvalue weighted by Crippen LogP contribution is 2.29. The van der Waals surface area contributed by atoms with Gasteiger partial charge in [-0.3, -0.25) is 9.78 Å². The van der Waals surface area contributed by atoms with E-state index >= 15 is 0 Å². The van der Waals surface area contributed by atoms with Gasteiger partial charge in [0.05, 0.1) is 0 Å². The monoisotopic (exact) mass is 382 g/mol. The average molecular weight is 383 g/mol. The minimum Gasteiger partial charge on any atom is -0.420 e. The highest BCUT2D eigenvalue weighted by molar-refractivity contribution is 6.31. The Hall–Kier alpha value is -2.73. The zero-order valence-corrected chi connectivity index (χ0v) is 15.5. The summed E-state index contributed by atoms with van der Waals surface area (Å²) in [5.41, 5.74) is 2.57. The van der Waals surface area contributed by atoms with Gasteiger partial charge in [0.15, 0.2) is 0 Å². The molecule has 0 radical (unpaired) electrons. The topological polar surface area (TPSA) is 72.1 Å². The number of piperidine rings is 1. The van der Waals surface area contributed by atoms with Crippen LogP contribution in [0, 0.1) is 0 Å². The van der Waals surface area contributed by atoms with E-state index < -0.39 is 0 Å². The molecule has 138 valence electrons. The van der Waals surface area contributed by atoms with Crippen molar-refractivity contribution in [3.05, 3.63) is 53.6 Å². The van der Waals surface area contributed by atoms with Crippen molar-refractivity contribution in [3.63, 3.8) is 0 Å². The van der Waals surface area contributed by atoms with Crippen LogP contribution in [0.5, 0.6) is 0 Å². The number of likely N-dealkylation sites (tertiary alicyclic amines) is 1. The Morgan fingerprint density at radius 1 is 1.07 bits per heavy atom. The molecule has 0 spiro atoms. The number of benzene rings is 1. The molecule has 1 aliphatic heterocycles. The van der Waals surface area contributed by atoms with Gasteiger partial charge in [0.25, 0.3) is 0 Å². The molecule has 0 aliphatic carbocycles. The first kappa shape index (κ1) is 17.7. The van der Waals surface area contributed by atoms with Crippen LogP contribution in [0.3, 0.4) is 0 Å². The number of carbonyl (C=O) groups is 1. The third-order valence-corrected chi connectivity index (χ3v) is 4.84. The summed E-state index contributed by atoms with van der Waals surface area (Å²) in [5, 5.41) is 8.70. The molecule has 0 atom stereocenters. The van der Waals surface area contributed by atoms with Crippen molar-refractivity contribution in [2.24, 2.45) is 0 Å². The lowest BCUT2D eigenvalue weighted by Crippen LogP contribution is -2.36. The first-order valence-electron chi connectivity index (χ1n) is 9.00. The zero-order chi connectivity index (χ0) is 18.6. The van der Waals surface area contributed by atoms with Crippen molar-refractivity contribution in [2.45, 2.75) is 25.7 Å². The third kappa shape index (κ3) is 4.17. The molecule has 1 aliphatic rings. The summed E-state index contributed by atoms with van der Waals surface area (Å²) in [6.07, 6.45) is 6.91. The second kappa shape index (κ2) is 7.88. The largest absolute Gasteiger partial charge is 0.420 e. The molecule has 1 amide bonds. The van der Waals surface area contributed by atoms with Crippen LogP contribution in [-0.2, 0) is 11.2 Å². The molecular weight excluding hydrogens is 364 g/mol. The van der Waals surface area contributed by atoms with Crippen LogP contribution in [0.15, 0.2) is 47.1 Å². The molecule has 27 heavy (non-hydrogen) atoms. The Bertz CT molecular complexity index is 936. The molecule has 0 bridgehead atoms. The van der Waals surface area contributed by atoms with E-state index in [-0.39, 0.29) is 12.3 Å². The summed E-state index contributed by atoms with van der Waals surface area (Å²) < 4.78 is 5.73. The van der Waals surface area contributed by atoms with Gasteiger partial charge in [0, 0.05) is 41.6 Å². The summed E-state index contributed by atoms with van der Waals surface area (Å²) in [5.74, 6) is 0.708. The summed E-state index contributed by atoms with van der Waals surface area (Å²) in [7, 11) is 0.